The minimum atomic E-state index is -0.906. The van der Waals surface area contributed by atoms with Crippen LogP contribution in [0.5, 0.6) is 23.0 Å². The molecule has 2 aromatic rings. The second-order valence-corrected chi connectivity index (χ2v) is 9.14. The van der Waals surface area contributed by atoms with Gasteiger partial charge >= 0.3 is 0 Å². The van der Waals surface area contributed by atoms with Crippen molar-refractivity contribution in [1.82, 2.24) is 9.80 Å². The number of ether oxygens (including phenoxy) is 5. The van der Waals surface area contributed by atoms with Gasteiger partial charge in [0, 0.05) is 31.7 Å². The van der Waals surface area contributed by atoms with Crippen molar-refractivity contribution in [3.8, 4) is 23.0 Å². The van der Waals surface area contributed by atoms with Gasteiger partial charge in [0.1, 0.15) is 0 Å². The van der Waals surface area contributed by atoms with E-state index in [4.69, 9.17) is 23.7 Å². The van der Waals surface area contributed by atoms with Crippen LogP contribution in [0.2, 0.25) is 0 Å². The lowest BCUT2D eigenvalue weighted by Crippen LogP contribution is -2.43. The highest BCUT2D eigenvalue weighted by atomic mass is 32.1. The molecule has 1 saturated heterocycles. The van der Waals surface area contributed by atoms with E-state index in [9.17, 15) is 14.7 Å². The Morgan fingerprint density at radius 3 is 2.63 bits per heavy atom. The molecule has 0 bridgehead atoms. The average Bonchev–Trinajstić information content (AvgIpc) is 3.63. The zero-order valence-corrected chi connectivity index (χ0v) is 20.3. The summed E-state index contributed by atoms with van der Waals surface area (Å²) in [5.41, 5.74) is 0.464. The molecule has 1 aromatic heterocycles. The fourth-order valence-electron chi connectivity index (χ4n) is 4.67. The topological polar surface area (TPSA) is 107 Å². The number of Topliss-reactive ketones (excluding diaryl/α,β-unsaturated/α-hetero) is 1. The Hall–Kier alpha value is -3.28. The maximum Gasteiger partial charge on any atom is 0.290 e. The summed E-state index contributed by atoms with van der Waals surface area (Å²) in [7, 11) is 2.95. The van der Waals surface area contributed by atoms with Crippen LogP contribution >= 0.6 is 11.3 Å². The van der Waals surface area contributed by atoms with Gasteiger partial charge in [-0.2, -0.15) is 0 Å². The molecule has 0 spiro atoms. The number of hydrogen-bond acceptors (Lipinski definition) is 10. The van der Waals surface area contributed by atoms with Gasteiger partial charge in [0.2, 0.25) is 24.1 Å². The number of fused-ring (bicyclic) bond motifs is 1. The first-order valence-electron chi connectivity index (χ1n) is 11.2. The van der Waals surface area contributed by atoms with Gasteiger partial charge in [0.25, 0.3) is 5.91 Å². The number of carbonyl (C=O) groups is 2. The van der Waals surface area contributed by atoms with Crippen LogP contribution in [-0.4, -0.2) is 87.0 Å². The number of thiophene rings is 1. The standard InChI is InChI=1S/C24H26N2O8S/c1-30-21-14(12-15-22(23(21)31-2)34-13-33-15)18-17(19(27)16-4-3-11-35-16)20(28)24(29)26(18)6-5-25-7-9-32-10-8-25/h3-4,11-12,18,28H,5-10,13H2,1-2H3. The number of benzene rings is 1. The first kappa shape index (κ1) is 23.5. The van der Waals surface area contributed by atoms with E-state index in [1.807, 2.05) is 0 Å². The first-order valence-corrected chi connectivity index (χ1v) is 12.1. The molecular weight excluding hydrogens is 476 g/mol. The predicted octanol–water partition coefficient (Wildman–Crippen LogP) is 2.40. The lowest BCUT2D eigenvalue weighted by molar-refractivity contribution is -0.129. The van der Waals surface area contributed by atoms with Crippen LogP contribution in [0.3, 0.4) is 0 Å². The summed E-state index contributed by atoms with van der Waals surface area (Å²) in [5, 5.41) is 12.7. The van der Waals surface area contributed by atoms with Gasteiger partial charge < -0.3 is 33.7 Å². The Kier molecular flexibility index (Phi) is 6.54. The second kappa shape index (κ2) is 9.76. The van der Waals surface area contributed by atoms with Crippen LogP contribution in [0.1, 0.15) is 21.3 Å². The van der Waals surface area contributed by atoms with E-state index in [0.717, 1.165) is 13.1 Å². The molecule has 186 valence electrons. The van der Waals surface area contributed by atoms with Gasteiger partial charge in [-0.3, -0.25) is 14.5 Å². The van der Waals surface area contributed by atoms with Crippen LogP contribution < -0.4 is 18.9 Å². The van der Waals surface area contributed by atoms with E-state index in [0.29, 0.717) is 53.2 Å². The molecule has 11 heteroatoms. The highest BCUT2D eigenvalue weighted by Crippen LogP contribution is 2.53. The highest BCUT2D eigenvalue weighted by Gasteiger charge is 2.46. The number of aliphatic hydroxyl groups excluding tert-OH is 1. The SMILES string of the molecule is COc1c(C2C(C(=O)c3cccs3)=C(O)C(=O)N2CCN2CCOCC2)cc2c(c1OC)OCO2. The number of rotatable bonds is 8. The van der Waals surface area contributed by atoms with E-state index in [1.54, 1.807) is 23.6 Å². The Morgan fingerprint density at radius 1 is 1.17 bits per heavy atom. The van der Waals surface area contributed by atoms with Crippen molar-refractivity contribution in [1.29, 1.82) is 0 Å². The molecule has 1 unspecified atom stereocenters. The molecule has 0 saturated carbocycles. The van der Waals surface area contributed by atoms with Gasteiger partial charge in [-0.25, -0.2) is 0 Å². The third kappa shape index (κ3) is 4.09. The largest absolute Gasteiger partial charge is 0.503 e. The second-order valence-electron chi connectivity index (χ2n) is 8.19. The fraction of sp³-hybridized carbons (Fsp3) is 0.417. The minimum Gasteiger partial charge on any atom is -0.503 e. The summed E-state index contributed by atoms with van der Waals surface area (Å²) >= 11 is 1.25. The Balaban J connectivity index is 1.60. The molecule has 1 fully saturated rings. The maximum atomic E-state index is 13.5. The molecule has 5 rings (SSSR count). The summed E-state index contributed by atoms with van der Waals surface area (Å²) in [4.78, 5) is 31.0. The molecule has 3 aliphatic heterocycles. The van der Waals surface area contributed by atoms with E-state index in [1.165, 1.54) is 30.5 Å². The van der Waals surface area contributed by atoms with Gasteiger partial charge in [-0.15, -0.1) is 11.3 Å². The van der Waals surface area contributed by atoms with Gasteiger partial charge in [0.15, 0.2) is 17.3 Å². The summed E-state index contributed by atoms with van der Waals surface area (Å²) in [6.45, 7) is 3.58. The van der Waals surface area contributed by atoms with Crippen LogP contribution in [0, 0.1) is 0 Å². The Morgan fingerprint density at radius 2 is 1.94 bits per heavy atom. The zero-order chi connectivity index (χ0) is 24.5. The monoisotopic (exact) mass is 502 g/mol. The van der Waals surface area contributed by atoms with E-state index in [-0.39, 0.29) is 18.9 Å². The normalized spacial score (nSPS) is 20.0. The molecule has 3 aliphatic rings. The smallest absolute Gasteiger partial charge is 0.290 e. The van der Waals surface area contributed by atoms with E-state index in [2.05, 4.69) is 4.90 Å². The van der Waals surface area contributed by atoms with Gasteiger partial charge in [-0.1, -0.05) is 6.07 Å². The maximum absolute atomic E-state index is 13.5. The molecule has 4 heterocycles. The number of hydrogen-bond donors (Lipinski definition) is 1. The number of methoxy groups -OCH3 is 2. The number of carbonyl (C=O) groups excluding carboxylic acids is 2. The molecule has 35 heavy (non-hydrogen) atoms. The molecule has 1 N–H and O–H groups in total. The van der Waals surface area contributed by atoms with E-state index >= 15 is 0 Å². The zero-order valence-electron chi connectivity index (χ0n) is 19.4. The molecule has 0 aliphatic carbocycles. The first-order chi connectivity index (χ1) is 17.0. The third-order valence-electron chi connectivity index (χ3n) is 6.36. The van der Waals surface area contributed by atoms with Gasteiger partial charge in [-0.05, 0) is 17.5 Å². The van der Waals surface area contributed by atoms with Crippen molar-refractivity contribution in [3.05, 3.63) is 45.4 Å². The third-order valence-corrected chi connectivity index (χ3v) is 7.23. The Labute approximate surface area is 206 Å². The van der Waals surface area contributed by atoms with Crippen LogP contribution in [0.25, 0.3) is 0 Å². The predicted molar refractivity (Wildman–Crippen MR) is 126 cm³/mol. The number of nitrogens with zero attached hydrogens (tertiary/aromatic N) is 2. The molecule has 10 nitrogen and oxygen atoms in total. The quantitative estimate of drug-likeness (QED) is 0.545. The van der Waals surface area contributed by atoms with Crippen LogP contribution in [0.15, 0.2) is 34.9 Å². The number of amides is 1. The number of morpholine rings is 1. The highest BCUT2D eigenvalue weighted by molar-refractivity contribution is 7.12. The molecular formula is C24H26N2O8S. The minimum absolute atomic E-state index is 0.00125. The molecule has 1 atom stereocenters. The Bertz CT molecular complexity index is 1160. The van der Waals surface area contributed by atoms with Crippen molar-refractivity contribution in [2.45, 2.75) is 6.04 Å². The summed E-state index contributed by atoms with van der Waals surface area (Å²) in [5.74, 6) is -0.187. The number of ketones is 1. The van der Waals surface area contributed by atoms with Crippen molar-refractivity contribution in [2.75, 3.05) is 60.4 Å². The summed E-state index contributed by atoms with van der Waals surface area (Å²) < 4.78 is 27.9. The summed E-state index contributed by atoms with van der Waals surface area (Å²) in [6.07, 6.45) is 0. The molecule has 0 radical (unpaired) electrons. The lowest BCUT2D eigenvalue weighted by atomic mass is 9.93. The van der Waals surface area contributed by atoms with Crippen molar-refractivity contribution >= 4 is 23.0 Å². The van der Waals surface area contributed by atoms with Gasteiger partial charge in [0.05, 0.1) is 43.9 Å². The van der Waals surface area contributed by atoms with Crippen molar-refractivity contribution < 1.29 is 38.4 Å². The number of aliphatic hydroxyl groups is 1. The lowest BCUT2D eigenvalue weighted by Gasteiger charge is -2.32. The van der Waals surface area contributed by atoms with Crippen LogP contribution in [0.4, 0.5) is 0 Å². The molecule has 1 aromatic carbocycles. The van der Waals surface area contributed by atoms with Crippen molar-refractivity contribution in [3.63, 3.8) is 0 Å². The van der Waals surface area contributed by atoms with Crippen LogP contribution in [-0.2, 0) is 9.53 Å². The van der Waals surface area contributed by atoms with Crippen molar-refractivity contribution in [2.24, 2.45) is 0 Å². The average molecular weight is 503 g/mol. The molecule has 1 amide bonds. The van der Waals surface area contributed by atoms with E-state index < -0.39 is 23.5 Å². The fourth-order valence-corrected chi connectivity index (χ4v) is 5.35. The summed E-state index contributed by atoms with van der Waals surface area (Å²) in [6, 6.07) is 4.20.